The van der Waals surface area contributed by atoms with Crippen molar-refractivity contribution in [3.05, 3.63) is 48.6 Å². The van der Waals surface area contributed by atoms with Crippen LogP contribution in [0.25, 0.3) is 33.6 Å². The minimum absolute atomic E-state index is 0.308. The van der Waals surface area contributed by atoms with Gasteiger partial charge in [-0.1, -0.05) is 86.2 Å². The lowest BCUT2D eigenvalue weighted by molar-refractivity contribution is 0.0863. The van der Waals surface area contributed by atoms with Crippen LogP contribution < -0.4 is 0 Å². The van der Waals surface area contributed by atoms with Gasteiger partial charge in [0.05, 0.1) is 23.3 Å². The van der Waals surface area contributed by atoms with E-state index >= 15 is 0 Å². The second-order valence-corrected chi connectivity index (χ2v) is 22.3. The Kier molecular flexibility index (Phi) is 12.3. The molecule has 0 aliphatic heterocycles. The minimum atomic E-state index is -1.95. The van der Waals surface area contributed by atoms with E-state index in [1.165, 1.54) is 11.8 Å². The third-order valence-electron chi connectivity index (χ3n) is 8.56. The van der Waals surface area contributed by atoms with Crippen molar-refractivity contribution in [2.75, 3.05) is 19.5 Å². The normalized spacial score (nSPS) is 12.8. The summed E-state index contributed by atoms with van der Waals surface area (Å²) in [5.74, 6) is 0.983. The summed E-state index contributed by atoms with van der Waals surface area (Å²) >= 11 is 1.54. The van der Waals surface area contributed by atoms with E-state index in [1.54, 1.807) is 6.26 Å². The van der Waals surface area contributed by atoms with Crippen LogP contribution in [0.15, 0.2) is 52.4 Å². The number of furan rings is 1. The Balaban J connectivity index is 1.71. The number of imidazole rings is 1. The van der Waals surface area contributed by atoms with E-state index in [0.29, 0.717) is 35.0 Å². The fraction of sp³-hybridized carbons (Fsp3) is 0.571. The summed E-state index contributed by atoms with van der Waals surface area (Å²) in [6.07, 6.45) is 7.23. The lowest BCUT2D eigenvalue weighted by Gasteiger charge is -2.42. The molecule has 0 saturated carbocycles. The summed E-state index contributed by atoms with van der Waals surface area (Å²) in [7, 11) is -1.10. The number of thioether (sulfide) groups is 1. The maximum Gasteiger partial charge on any atom is 0.200 e. The van der Waals surface area contributed by atoms with E-state index in [2.05, 4.69) is 90.1 Å². The van der Waals surface area contributed by atoms with Crippen molar-refractivity contribution in [1.82, 2.24) is 19.5 Å². The fourth-order valence-electron chi connectivity index (χ4n) is 6.60. The first kappa shape index (κ1) is 35.6. The predicted octanol–water partition coefficient (Wildman–Crippen LogP) is 9.91. The topological polar surface area (TPSA) is 75.2 Å². The number of benzene rings is 1. The molecule has 0 amide bonds. The van der Waals surface area contributed by atoms with Crippen LogP contribution in [0.4, 0.5) is 0 Å². The molecule has 10 heteroatoms. The Morgan fingerprint density at radius 1 is 0.978 bits per heavy atom. The first-order valence-corrected chi connectivity index (χ1v) is 20.9. The van der Waals surface area contributed by atoms with E-state index in [9.17, 15) is 0 Å². The number of aryl methyl sites for hydroxylation is 1. The molecule has 0 spiro atoms. The molecule has 0 unspecified atom stereocenters. The number of nitrogens with zero attached hydrogens (tertiary/aromatic N) is 4. The van der Waals surface area contributed by atoms with Crippen LogP contribution >= 0.6 is 11.8 Å². The number of fused-ring (bicyclic) bond motifs is 1. The van der Waals surface area contributed by atoms with Gasteiger partial charge in [0.2, 0.25) is 0 Å². The molecule has 0 aliphatic carbocycles. The third-order valence-corrected chi connectivity index (χ3v) is 16.8. The summed E-state index contributed by atoms with van der Waals surface area (Å²) in [5.41, 5.74) is 6.16. The number of ether oxygens (including phenoxy) is 1. The van der Waals surface area contributed by atoms with Crippen molar-refractivity contribution >= 4 is 40.6 Å². The highest BCUT2D eigenvalue weighted by Crippen LogP contribution is 2.42. The van der Waals surface area contributed by atoms with Crippen molar-refractivity contribution in [3.8, 4) is 22.6 Å². The second kappa shape index (κ2) is 15.6. The monoisotopic (exact) mass is 664 g/mol. The van der Waals surface area contributed by atoms with Crippen LogP contribution in [0.3, 0.4) is 0 Å². The highest BCUT2D eigenvalue weighted by Gasteiger charge is 2.44. The van der Waals surface area contributed by atoms with Crippen LogP contribution in [0.2, 0.25) is 27.7 Å². The largest absolute Gasteiger partial charge is 0.464 e. The maximum absolute atomic E-state index is 6.93. The van der Waals surface area contributed by atoms with Gasteiger partial charge in [-0.25, -0.2) is 15.0 Å². The SMILES string of the molecule is CSc1nccc(-c2c(-c3ccc4ccoc4c3)nc(CCCO[Si](C(C)C)(C(C)C)C(C)C)n2COCC[Si]C(C)(C)C)n1. The van der Waals surface area contributed by atoms with Gasteiger partial charge in [-0.2, -0.15) is 0 Å². The van der Waals surface area contributed by atoms with Crippen LogP contribution in [-0.2, 0) is 22.3 Å². The highest BCUT2D eigenvalue weighted by atomic mass is 32.2. The van der Waals surface area contributed by atoms with Gasteiger partial charge >= 0.3 is 0 Å². The van der Waals surface area contributed by atoms with Gasteiger partial charge in [-0.15, -0.1) is 0 Å². The fourth-order valence-corrected chi connectivity index (χ4v) is 13.4. The lowest BCUT2D eigenvalue weighted by Crippen LogP contribution is -2.48. The van der Waals surface area contributed by atoms with E-state index in [1.807, 2.05) is 24.6 Å². The molecule has 4 aromatic rings. The number of aromatic nitrogens is 4. The van der Waals surface area contributed by atoms with E-state index in [-0.39, 0.29) is 0 Å². The van der Waals surface area contributed by atoms with E-state index in [0.717, 1.165) is 79.6 Å². The van der Waals surface area contributed by atoms with E-state index < -0.39 is 8.32 Å². The molecule has 4 rings (SSSR count). The molecular formula is C35H52N4O3SSi2. The average molecular weight is 665 g/mol. The maximum atomic E-state index is 6.93. The predicted molar refractivity (Wildman–Crippen MR) is 192 cm³/mol. The zero-order chi connectivity index (χ0) is 32.8. The molecule has 3 heterocycles. The first-order valence-electron chi connectivity index (χ1n) is 16.3. The molecule has 7 nitrogen and oxygen atoms in total. The third kappa shape index (κ3) is 8.57. The molecule has 0 N–H and O–H groups in total. The first-order chi connectivity index (χ1) is 21.4. The summed E-state index contributed by atoms with van der Waals surface area (Å²) in [6, 6.07) is 11.3. The summed E-state index contributed by atoms with van der Waals surface area (Å²) < 4.78 is 21.3. The zero-order valence-corrected chi connectivity index (χ0v) is 31.8. The Morgan fingerprint density at radius 3 is 2.38 bits per heavy atom. The van der Waals surface area contributed by atoms with Gasteiger partial charge in [0, 0.05) is 46.3 Å². The zero-order valence-electron chi connectivity index (χ0n) is 28.9. The Labute approximate surface area is 278 Å². The van der Waals surface area contributed by atoms with Crippen molar-refractivity contribution < 1.29 is 13.6 Å². The van der Waals surface area contributed by atoms with Crippen LogP contribution in [-0.4, -0.2) is 56.8 Å². The molecular weight excluding hydrogens is 613 g/mol. The molecule has 0 aliphatic rings. The van der Waals surface area contributed by atoms with Crippen LogP contribution in [0, 0.1) is 0 Å². The minimum Gasteiger partial charge on any atom is -0.464 e. The molecule has 2 radical (unpaired) electrons. The smallest absolute Gasteiger partial charge is 0.200 e. The highest BCUT2D eigenvalue weighted by molar-refractivity contribution is 7.98. The van der Waals surface area contributed by atoms with Crippen LogP contribution in [0.5, 0.6) is 0 Å². The van der Waals surface area contributed by atoms with Gasteiger partial charge in [0.15, 0.2) is 13.5 Å². The van der Waals surface area contributed by atoms with Crippen molar-refractivity contribution in [2.24, 2.45) is 0 Å². The van der Waals surface area contributed by atoms with Gasteiger partial charge < -0.3 is 18.1 Å². The van der Waals surface area contributed by atoms with Gasteiger partial charge in [-0.05, 0) is 58.6 Å². The van der Waals surface area contributed by atoms with Crippen LogP contribution in [0.1, 0.15) is 74.6 Å². The molecule has 244 valence electrons. The number of rotatable bonds is 16. The molecule has 0 saturated heterocycles. The summed E-state index contributed by atoms with van der Waals surface area (Å²) in [5, 5.41) is 2.11. The molecule has 0 bridgehead atoms. The quantitative estimate of drug-likeness (QED) is 0.0511. The van der Waals surface area contributed by atoms with E-state index in [4.69, 9.17) is 23.5 Å². The second-order valence-electron chi connectivity index (χ2n) is 13.7. The number of hydrogen-bond acceptors (Lipinski definition) is 7. The van der Waals surface area contributed by atoms with Gasteiger partial charge in [-0.3, -0.25) is 0 Å². The Hall–Kier alpha value is -2.25. The Morgan fingerprint density at radius 2 is 1.71 bits per heavy atom. The van der Waals surface area contributed by atoms with Crippen molar-refractivity contribution in [3.63, 3.8) is 0 Å². The molecule has 0 atom stereocenters. The Bertz CT molecular complexity index is 1510. The molecule has 45 heavy (non-hydrogen) atoms. The van der Waals surface area contributed by atoms with Crippen molar-refractivity contribution in [1.29, 1.82) is 0 Å². The van der Waals surface area contributed by atoms with Gasteiger partial charge in [0.25, 0.3) is 0 Å². The molecule has 0 fully saturated rings. The summed E-state index contributed by atoms with van der Waals surface area (Å²) in [4.78, 5) is 14.7. The van der Waals surface area contributed by atoms with Crippen molar-refractivity contribution in [2.45, 2.75) is 115 Å². The molecule has 3 aromatic heterocycles. The number of hydrogen-bond donors (Lipinski definition) is 0. The summed E-state index contributed by atoms with van der Waals surface area (Å²) in [6.45, 7) is 22.8. The lowest BCUT2D eigenvalue weighted by atomic mass is 10.1. The molecule has 1 aromatic carbocycles. The van der Waals surface area contributed by atoms with Gasteiger partial charge in [0.1, 0.15) is 18.1 Å². The average Bonchev–Trinajstić information content (AvgIpc) is 3.60. The standard InChI is InChI=1S/C35H52N4O3SSi2/c1-24(2)45(25(3)4,26(5)6)42-18-11-12-31-38-32(28-14-13-27-16-19-41-30(27)22-28)33(29-15-17-36-34(37-29)43-10)39(31)23-40-20-21-44-35(7,8)9/h13-17,19,22,24-26H,11-12,18,20-21,23H2,1-10H3.